The lowest BCUT2D eigenvalue weighted by Crippen LogP contribution is -2.29. The first-order valence-electron chi connectivity index (χ1n) is 5.95. The molecular weight excluding hydrogens is 260 g/mol. The Bertz CT molecular complexity index is 539. The highest BCUT2D eigenvalue weighted by molar-refractivity contribution is 7.13. The van der Waals surface area contributed by atoms with Gasteiger partial charge in [0.05, 0.1) is 24.8 Å². The largest absolute Gasteiger partial charge is 0.497 e. The number of hydrogen-bond acceptors (Lipinski definition) is 5. The van der Waals surface area contributed by atoms with Gasteiger partial charge in [-0.25, -0.2) is 4.98 Å². The van der Waals surface area contributed by atoms with Gasteiger partial charge in [0, 0.05) is 12.5 Å². The molecule has 0 aliphatic rings. The van der Waals surface area contributed by atoms with E-state index < -0.39 is 0 Å². The molecule has 102 valence electrons. The summed E-state index contributed by atoms with van der Waals surface area (Å²) in [6.07, 6.45) is 0. The second-order valence-corrected chi connectivity index (χ2v) is 5.45. The number of nitrogens with two attached hydrogens (primary N) is 1. The van der Waals surface area contributed by atoms with Gasteiger partial charge in [-0.1, -0.05) is 12.1 Å². The van der Waals surface area contributed by atoms with Crippen LogP contribution in [-0.4, -0.2) is 25.8 Å². The van der Waals surface area contributed by atoms with Crippen LogP contribution < -0.4 is 10.5 Å². The van der Waals surface area contributed by atoms with Crippen LogP contribution in [0.3, 0.4) is 0 Å². The first-order valence-corrected chi connectivity index (χ1v) is 6.83. The van der Waals surface area contributed by atoms with E-state index in [9.17, 15) is 0 Å². The fraction of sp³-hybridized carbons (Fsp3) is 0.357. The topological polar surface area (TPSA) is 57.4 Å². The van der Waals surface area contributed by atoms with Crippen LogP contribution in [0.5, 0.6) is 5.75 Å². The number of aromatic nitrogens is 1. The van der Waals surface area contributed by atoms with Crippen molar-refractivity contribution < 1.29 is 9.47 Å². The molecule has 1 aromatic carbocycles. The van der Waals surface area contributed by atoms with Crippen LogP contribution in [0.2, 0.25) is 0 Å². The van der Waals surface area contributed by atoms with Gasteiger partial charge in [-0.05, 0) is 24.6 Å². The molecule has 1 heterocycles. The molecule has 2 N–H and O–H groups in total. The van der Waals surface area contributed by atoms with Crippen LogP contribution in [0.25, 0.3) is 0 Å². The van der Waals surface area contributed by atoms with Crippen molar-refractivity contribution in [2.75, 3.05) is 26.6 Å². The van der Waals surface area contributed by atoms with Crippen molar-refractivity contribution in [2.24, 2.45) is 0 Å². The van der Waals surface area contributed by atoms with Gasteiger partial charge < -0.3 is 15.2 Å². The molecule has 2 rings (SSSR count). The van der Waals surface area contributed by atoms with E-state index in [1.165, 1.54) is 11.3 Å². The van der Waals surface area contributed by atoms with Crippen molar-refractivity contribution in [1.29, 1.82) is 0 Å². The summed E-state index contributed by atoms with van der Waals surface area (Å²) in [6.45, 7) is 2.65. The standard InChI is InChI=1S/C14H18N2O2S/c1-14(9-17-2,12-8-19-13(15)16-12)10-4-6-11(18-3)7-5-10/h4-8H,9H2,1-3H3,(H2,15,16). The molecule has 19 heavy (non-hydrogen) atoms. The van der Waals surface area contributed by atoms with Gasteiger partial charge in [-0.3, -0.25) is 0 Å². The number of methoxy groups -OCH3 is 2. The quantitative estimate of drug-likeness (QED) is 0.913. The summed E-state index contributed by atoms with van der Waals surface area (Å²) in [4.78, 5) is 4.41. The Morgan fingerprint density at radius 3 is 2.42 bits per heavy atom. The van der Waals surface area contributed by atoms with Gasteiger partial charge in [0.2, 0.25) is 0 Å². The summed E-state index contributed by atoms with van der Waals surface area (Å²) < 4.78 is 10.6. The Kier molecular flexibility index (Phi) is 4.07. The fourth-order valence-corrected chi connectivity index (χ4v) is 2.79. The summed E-state index contributed by atoms with van der Waals surface area (Å²) >= 11 is 1.45. The number of nitrogen functional groups attached to an aromatic ring is 1. The molecule has 0 amide bonds. The summed E-state index contributed by atoms with van der Waals surface area (Å²) in [5.41, 5.74) is 7.49. The first kappa shape index (κ1) is 13.8. The Morgan fingerprint density at radius 2 is 1.95 bits per heavy atom. The molecule has 4 nitrogen and oxygen atoms in total. The summed E-state index contributed by atoms with van der Waals surface area (Å²) in [7, 11) is 3.35. The minimum absolute atomic E-state index is 0.310. The number of rotatable bonds is 5. The van der Waals surface area contributed by atoms with Gasteiger partial charge in [0.15, 0.2) is 5.13 Å². The number of thiazole rings is 1. The third-order valence-corrected chi connectivity index (χ3v) is 3.92. The molecule has 2 aromatic rings. The maximum absolute atomic E-state index is 5.74. The second-order valence-electron chi connectivity index (χ2n) is 4.56. The molecule has 0 fully saturated rings. The molecule has 0 aliphatic heterocycles. The average molecular weight is 278 g/mol. The van der Waals surface area contributed by atoms with E-state index in [0.717, 1.165) is 17.0 Å². The molecule has 1 atom stereocenters. The molecule has 0 bridgehead atoms. The van der Waals surface area contributed by atoms with Gasteiger partial charge >= 0.3 is 0 Å². The molecule has 0 radical (unpaired) electrons. The van der Waals surface area contributed by atoms with E-state index in [1.807, 2.05) is 29.6 Å². The highest BCUT2D eigenvalue weighted by Gasteiger charge is 2.31. The maximum atomic E-state index is 5.74. The predicted molar refractivity (Wildman–Crippen MR) is 77.9 cm³/mol. The molecule has 1 aromatic heterocycles. The van der Waals surface area contributed by atoms with Crippen molar-refractivity contribution in [3.05, 3.63) is 40.9 Å². The molecular formula is C14H18N2O2S. The number of benzene rings is 1. The summed E-state index contributed by atoms with van der Waals surface area (Å²) in [5, 5.41) is 2.56. The number of hydrogen-bond donors (Lipinski definition) is 1. The van der Waals surface area contributed by atoms with Crippen molar-refractivity contribution in [1.82, 2.24) is 4.98 Å². The Hall–Kier alpha value is -1.59. The van der Waals surface area contributed by atoms with Crippen molar-refractivity contribution >= 4 is 16.5 Å². The minimum Gasteiger partial charge on any atom is -0.497 e. The minimum atomic E-state index is -0.310. The van der Waals surface area contributed by atoms with Crippen LogP contribution >= 0.6 is 11.3 Å². The molecule has 5 heteroatoms. The van der Waals surface area contributed by atoms with Crippen LogP contribution in [0, 0.1) is 0 Å². The van der Waals surface area contributed by atoms with Gasteiger partial charge in [0.1, 0.15) is 5.75 Å². The predicted octanol–water partition coefficient (Wildman–Crippen LogP) is 2.69. The van der Waals surface area contributed by atoms with Crippen molar-refractivity contribution in [3.63, 3.8) is 0 Å². The highest BCUT2D eigenvalue weighted by atomic mass is 32.1. The van der Waals surface area contributed by atoms with E-state index in [1.54, 1.807) is 14.2 Å². The first-order chi connectivity index (χ1) is 9.10. The Balaban J connectivity index is 2.42. The Morgan fingerprint density at radius 1 is 1.26 bits per heavy atom. The summed E-state index contributed by atoms with van der Waals surface area (Å²) in [5.74, 6) is 0.835. The summed E-state index contributed by atoms with van der Waals surface area (Å²) in [6, 6.07) is 7.96. The van der Waals surface area contributed by atoms with Crippen LogP contribution in [-0.2, 0) is 10.2 Å². The van der Waals surface area contributed by atoms with E-state index in [-0.39, 0.29) is 5.41 Å². The highest BCUT2D eigenvalue weighted by Crippen LogP contribution is 2.34. The van der Waals surface area contributed by atoms with E-state index in [2.05, 4.69) is 11.9 Å². The van der Waals surface area contributed by atoms with Gasteiger partial charge in [-0.15, -0.1) is 11.3 Å². The zero-order valence-corrected chi connectivity index (χ0v) is 12.2. The molecule has 0 saturated carbocycles. The maximum Gasteiger partial charge on any atom is 0.180 e. The van der Waals surface area contributed by atoms with Gasteiger partial charge in [0.25, 0.3) is 0 Å². The Labute approximate surface area is 117 Å². The molecule has 0 spiro atoms. The van der Waals surface area contributed by atoms with Crippen molar-refractivity contribution in [3.8, 4) is 5.75 Å². The normalized spacial score (nSPS) is 14.1. The number of nitrogens with zero attached hydrogens (tertiary/aromatic N) is 1. The fourth-order valence-electron chi connectivity index (χ4n) is 2.09. The smallest absolute Gasteiger partial charge is 0.180 e. The molecule has 0 aliphatic carbocycles. The third-order valence-electron chi connectivity index (χ3n) is 3.25. The van der Waals surface area contributed by atoms with E-state index in [4.69, 9.17) is 15.2 Å². The third kappa shape index (κ3) is 2.72. The second kappa shape index (κ2) is 5.59. The van der Waals surface area contributed by atoms with Crippen LogP contribution in [0.15, 0.2) is 29.6 Å². The van der Waals surface area contributed by atoms with Crippen molar-refractivity contribution in [2.45, 2.75) is 12.3 Å². The average Bonchev–Trinajstić information content (AvgIpc) is 2.86. The lowest BCUT2D eigenvalue weighted by molar-refractivity contribution is 0.154. The number of ether oxygens (including phenoxy) is 2. The monoisotopic (exact) mass is 278 g/mol. The zero-order valence-electron chi connectivity index (χ0n) is 11.3. The van der Waals surface area contributed by atoms with E-state index in [0.29, 0.717) is 11.7 Å². The lowest BCUT2D eigenvalue weighted by atomic mass is 9.80. The zero-order chi connectivity index (χ0) is 13.9. The van der Waals surface area contributed by atoms with Crippen LogP contribution in [0.1, 0.15) is 18.2 Å². The van der Waals surface area contributed by atoms with Crippen LogP contribution in [0.4, 0.5) is 5.13 Å². The number of anilines is 1. The SMILES string of the molecule is COCC(C)(c1ccc(OC)cc1)c1csc(N)n1. The lowest BCUT2D eigenvalue weighted by Gasteiger charge is -2.27. The van der Waals surface area contributed by atoms with E-state index >= 15 is 0 Å². The van der Waals surface area contributed by atoms with Gasteiger partial charge in [-0.2, -0.15) is 0 Å². The molecule has 1 unspecified atom stereocenters. The molecule has 0 saturated heterocycles.